The van der Waals surface area contributed by atoms with E-state index in [0.717, 1.165) is 12.3 Å². The van der Waals surface area contributed by atoms with E-state index in [-0.39, 0.29) is 12.3 Å². The van der Waals surface area contributed by atoms with Gasteiger partial charge in [0.2, 0.25) is 0 Å². The van der Waals surface area contributed by atoms with Gasteiger partial charge in [-0.25, -0.2) is 9.78 Å². The summed E-state index contributed by atoms with van der Waals surface area (Å²) in [7, 11) is 0. The summed E-state index contributed by atoms with van der Waals surface area (Å²) < 4.78 is 41.0. The third-order valence-corrected chi connectivity index (χ3v) is 1.77. The fraction of sp³-hybridized carbons (Fsp3) is 0.300. The largest absolute Gasteiger partial charge is 0.459 e. The molecule has 0 unspecified atom stereocenters. The van der Waals surface area contributed by atoms with Crippen LogP contribution in [0.15, 0.2) is 18.3 Å². The van der Waals surface area contributed by atoms with Gasteiger partial charge in [-0.1, -0.05) is 0 Å². The van der Waals surface area contributed by atoms with Gasteiger partial charge >= 0.3 is 18.1 Å². The van der Waals surface area contributed by atoms with Crippen molar-refractivity contribution >= 4 is 17.6 Å². The molecule has 98 valence electrons. The summed E-state index contributed by atoms with van der Waals surface area (Å²) in [6.45, 7) is 1.54. The van der Waals surface area contributed by atoms with Crippen LogP contribution in [0.1, 0.15) is 12.6 Å². The first-order chi connectivity index (χ1) is 8.34. The van der Waals surface area contributed by atoms with Crippen LogP contribution in [0.5, 0.6) is 0 Å². The van der Waals surface area contributed by atoms with E-state index in [1.807, 2.05) is 0 Å². The molecule has 1 N–H and O–H groups in total. The number of rotatable bonds is 2. The van der Waals surface area contributed by atoms with Crippen LogP contribution in [0.2, 0.25) is 0 Å². The lowest BCUT2D eigenvalue weighted by Crippen LogP contribution is -2.25. The van der Waals surface area contributed by atoms with Crippen molar-refractivity contribution in [3.8, 4) is 0 Å². The van der Waals surface area contributed by atoms with Crippen LogP contribution in [0.25, 0.3) is 0 Å². The third kappa shape index (κ3) is 3.72. The number of nitrogens with zero attached hydrogens (tertiary/aromatic N) is 1. The fourth-order valence-electron chi connectivity index (χ4n) is 1.01. The monoisotopic (exact) mass is 262 g/mol. The van der Waals surface area contributed by atoms with Gasteiger partial charge in [0.1, 0.15) is 5.69 Å². The number of halogens is 3. The summed E-state index contributed by atoms with van der Waals surface area (Å²) in [5, 5.41) is 2.06. The number of anilines is 1. The smallest absolute Gasteiger partial charge is 0.433 e. The Labute approximate surface area is 100.0 Å². The van der Waals surface area contributed by atoms with Crippen LogP contribution < -0.4 is 5.32 Å². The van der Waals surface area contributed by atoms with Gasteiger partial charge in [0.15, 0.2) is 0 Å². The Hall–Kier alpha value is -2.12. The first-order valence-corrected chi connectivity index (χ1v) is 4.86. The molecule has 0 spiro atoms. The van der Waals surface area contributed by atoms with Gasteiger partial charge in [0, 0.05) is 0 Å². The number of hydrogen-bond acceptors (Lipinski definition) is 4. The van der Waals surface area contributed by atoms with Crippen molar-refractivity contribution in [2.75, 3.05) is 11.9 Å². The van der Waals surface area contributed by atoms with Crippen molar-refractivity contribution in [3.05, 3.63) is 24.0 Å². The SMILES string of the molecule is CCOC(=O)C(=O)Nc1ccc(C(F)(F)F)nc1. The van der Waals surface area contributed by atoms with E-state index in [4.69, 9.17) is 0 Å². The molecule has 0 saturated heterocycles. The maximum atomic E-state index is 12.2. The summed E-state index contributed by atoms with van der Waals surface area (Å²) in [6, 6.07) is 1.69. The van der Waals surface area contributed by atoms with Gasteiger partial charge in [-0.3, -0.25) is 4.79 Å². The fourth-order valence-corrected chi connectivity index (χ4v) is 1.01. The number of pyridine rings is 1. The molecular weight excluding hydrogens is 253 g/mol. The zero-order valence-corrected chi connectivity index (χ0v) is 9.25. The minimum atomic E-state index is -4.55. The maximum Gasteiger partial charge on any atom is 0.433 e. The van der Waals surface area contributed by atoms with Crippen molar-refractivity contribution in [1.29, 1.82) is 0 Å². The molecule has 0 atom stereocenters. The van der Waals surface area contributed by atoms with Crippen LogP contribution in [0, 0.1) is 0 Å². The molecule has 0 aliphatic carbocycles. The second-order valence-corrected chi connectivity index (χ2v) is 3.10. The molecule has 5 nitrogen and oxygen atoms in total. The van der Waals surface area contributed by atoms with Crippen LogP contribution in [0.4, 0.5) is 18.9 Å². The maximum absolute atomic E-state index is 12.2. The van der Waals surface area contributed by atoms with Crippen LogP contribution in [-0.4, -0.2) is 23.5 Å². The molecule has 0 fully saturated rings. The molecule has 1 aromatic heterocycles. The Kier molecular flexibility index (Phi) is 4.24. The van der Waals surface area contributed by atoms with E-state index in [0.29, 0.717) is 6.07 Å². The molecule has 1 aromatic rings. The number of carbonyl (C=O) groups excluding carboxylic acids is 2. The first kappa shape index (κ1) is 13.9. The van der Waals surface area contributed by atoms with E-state index in [1.54, 1.807) is 0 Å². The van der Waals surface area contributed by atoms with Gasteiger partial charge in [-0.2, -0.15) is 13.2 Å². The lowest BCUT2D eigenvalue weighted by molar-refractivity contribution is -0.152. The Morgan fingerprint density at radius 2 is 2.06 bits per heavy atom. The second-order valence-electron chi connectivity index (χ2n) is 3.10. The molecule has 1 heterocycles. The van der Waals surface area contributed by atoms with Crippen molar-refractivity contribution in [2.45, 2.75) is 13.1 Å². The highest BCUT2D eigenvalue weighted by Crippen LogP contribution is 2.27. The van der Waals surface area contributed by atoms with Gasteiger partial charge in [0.25, 0.3) is 0 Å². The molecule has 0 aromatic carbocycles. The van der Waals surface area contributed by atoms with Crippen molar-refractivity contribution in [1.82, 2.24) is 4.98 Å². The minimum Gasteiger partial charge on any atom is -0.459 e. The molecule has 18 heavy (non-hydrogen) atoms. The van der Waals surface area contributed by atoms with E-state index < -0.39 is 23.7 Å². The average molecular weight is 262 g/mol. The zero-order chi connectivity index (χ0) is 13.8. The van der Waals surface area contributed by atoms with Crippen LogP contribution >= 0.6 is 0 Å². The summed E-state index contributed by atoms with van der Waals surface area (Å²) in [4.78, 5) is 25.2. The van der Waals surface area contributed by atoms with E-state index in [2.05, 4.69) is 15.0 Å². The van der Waals surface area contributed by atoms with Gasteiger partial charge in [-0.15, -0.1) is 0 Å². The Balaban J connectivity index is 2.70. The second kappa shape index (κ2) is 5.48. The molecule has 0 bridgehead atoms. The van der Waals surface area contributed by atoms with Gasteiger partial charge in [-0.05, 0) is 19.1 Å². The third-order valence-electron chi connectivity index (χ3n) is 1.77. The van der Waals surface area contributed by atoms with E-state index >= 15 is 0 Å². The molecule has 8 heteroatoms. The number of aromatic nitrogens is 1. The Bertz CT molecular complexity index is 443. The topological polar surface area (TPSA) is 68.3 Å². The Morgan fingerprint density at radius 3 is 2.50 bits per heavy atom. The van der Waals surface area contributed by atoms with Gasteiger partial charge < -0.3 is 10.1 Å². The van der Waals surface area contributed by atoms with Gasteiger partial charge in [0.05, 0.1) is 18.5 Å². The summed E-state index contributed by atoms with van der Waals surface area (Å²) in [6.07, 6.45) is -3.75. The number of alkyl halides is 3. The number of amides is 1. The minimum absolute atomic E-state index is 0.0253. The number of hydrogen-bond donors (Lipinski definition) is 1. The number of ether oxygens (including phenoxy) is 1. The zero-order valence-electron chi connectivity index (χ0n) is 9.25. The van der Waals surface area contributed by atoms with Crippen LogP contribution in [0.3, 0.4) is 0 Å². The molecule has 0 aliphatic heterocycles. The first-order valence-electron chi connectivity index (χ1n) is 4.86. The summed E-state index contributed by atoms with van der Waals surface area (Å²) in [5.74, 6) is -2.18. The number of carbonyl (C=O) groups is 2. The molecule has 0 saturated carbocycles. The predicted octanol–water partition coefficient (Wildman–Crippen LogP) is 1.60. The summed E-state index contributed by atoms with van der Waals surface area (Å²) >= 11 is 0. The highest BCUT2D eigenvalue weighted by molar-refractivity contribution is 6.37. The molecule has 0 radical (unpaired) electrons. The standard InChI is InChI=1S/C10H9F3N2O3/c1-2-18-9(17)8(16)15-6-3-4-7(14-5-6)10(11,12)13/h3-5H,2H2,1H3,(H,15,16). The highest BCUT2D eigenvalue weighted by Gasteiger charge is 2.32. The van der Waals surface area contributed by atoms with Crippen molar-refractivity contribution in [3.63, 3.8) is 0 Å². The number of nitrogens with one attached hydrogen (secondary N) is 1. The number of esters is 1. The predicted molar refractivity (Wildman–Crippen MR) is 54.5 cm³/mol. The normalized spacial score (nSPS) is 10.9. The summed E-state index contributed by atoms with van der Waals surface area (Å²) in [5.41, 5.74) is -1.11. The lowest BCUT2D eigenvalue weighted by Gasteiger charge is -2.07. The molecule has 0 aliphatic rings. The highest BCUT2D eigenvalue weighted by atomic mass is 19.4. The lowest BCUT2D eigenvalue weighted by atomic mass is 10.3. The Morgan fingerprint density at radius 1 is 1.39 bits per heavy atom. The van der Waals surface area contributed by atoms with Crippen molar-refractivity contribution < 1.29 is 27.5 Å². The van der Waals surface area contributed by atoms with Crippen molar-refractivity contribution in [2.24, 2.45) is 0 Å². The van der Waals surface area contributed by atoms with E-state index in [1.165, 1.54) is 6.92 Å². The molecule has 1 rings (SSSR count). The van der Waals surface area contributed by atoms with E-state index in [9.17, 15) is 22.8 Å². The van der Waals surface area contributed by atoms with Crippen LogP contribution in [-0.2, 0) is 20.5 Å². The molecule has 1 amide bonds. The molecular formula is C10H9F3N2O3. The quantitative estimate of drug-likeness (QED) is 0.649. The average Bonchev–Trinajstić information content (AvgIpc) is 2.28.